The van der Waals surface area contributed by atoms with Crippen LogP contribution in [0.15, 0.2) is 35.6 Å². The van der Waals surface area contributed by atoms with Crippen LogP contribution < -0.4 is 10.6 Å². The van der Waals surface area contributed by atoms with Crippen LogP contribution >= 0.6 is 23.2 Å². The van der Waals surface area contributed by atoms with Gasteiger partial charge in [-0.05, 0) is 51.4 Å². The number of aliphatic imine (C=N–C) groups is 1. The van der Waals surface area contributed by atoms with E-state index in [1.54, 1.807) is 6.33 Å². The fourth-order valence-corrected chi connectivity index (χ4v) is 5.18. The number of hydrogen-bond donors (Lipinski definition) is 1. The lowest BCUT2D eigenvalue weighted by Crippen LogP contribution is -2.51. The van der Waals surface area contributed by atoms with Gasteiger partial charge in [-0.3, -0.25) is 9.89 Å². The third-order valence-electron chi connectivity index (χ3n) is 7.29. The maximum atomic E-state index is 6.69. The summed E-state index contributed by atoms with van der Waals surface area (Å²) in [4.78, 5) is 21.0. The number of hydrogen-bond acceptors (Lipinski definition) is 7. The van der Waals surface area contributed by atoms with Gasteiger partial charge in [-0.25, -0.2) is 9.97 Å². The SMILES string of the molecule is C/C=C(\C=NC(C)CC)c1c(N)ncnc1N1CCN(C(CN2CCC2)c2cccc(Cl)c2Cl)CC1. The fourth-order valence-electron chi connectivity index (χ4n) is 4.75. The minimum absolute atomic E-state index is 0.197. The van der Waals surface area contributed by atoms with Crippen molar-refractivity contribution in [1.29, 1.82) is 0 Å². The summed E-state index contributed by atoms with van der Waals surface area (Å²) >= 11 is 13.1. The van der Waals surface area contributed by atoms with Gasteiger partial charge in [-0.15, -0.1) is 0 Å². The number of anilines is 2. The lowest BCUT2D eigenvalue weighted by molar-refractivity contribution is 0.0966. The van der Waals surface area contributed by atoms with Crippen molar-refractivity contribution in [2.45, 2.75) is 45.7 Å². The van der Waals surface area contributed by atoms with Gasteiger partial charge in [-0.2, -0.15) is 0 Å². The summed E-state index contributed by atoms with van der Waals surface area (Å²) in [5.74, 6) is 1.35. The van der Waals surface area contributed by atoms with Crippen molar-refractivity contribution in [3.8, 4) is 0 Å². The summed E-state index contributed by atoms with van der Waals surface area (Å²) in [5.41, 5.74) is 9.29. The van der Waals surface area contributed by atoms with Crippen molar-refractivity contribution in [3.63, 3.8) is 0 Å². The molecule has 36 heavy (non-hydrogen) atoms. The molecular weight excluding hydrogens is 493 g/mol. The van der Waals surface area contributed by atoms with Crippen molar-refractivity contribution in [1.82, 2.24) is 19.8 Å². The molecule has 0 saturated carbocycles. The zero-order chi connectivity index (χ0) is 25.7. The van der Waals surface area contributed by atoms with Gasteiger partial charge in [0.2, 0.25) is 0 Å². The zero-order valence-electron chi connectivity index (χ0n) is 21.5. The molecule has 0 radical (unpaired) electrons. The van der Waals surface area contributed by atoms with E-state index in [4.69, 9.17) is 28.9 Å². The summed E-state index contributed by atoms with van der Waals surface area (Å²) in [5, 5.41) is 1.27. The Morgan fingerprint density at radius 2 is 1.89 bits per heavy atom. The number of aromatic nitrogens is 2. The molecule has 1 aromatic heterocycles. The van der Waals surface area contributed by atoms with E-state index in [0.717, 1.165) is 74.8 Å². The van der Waals surface area contributed by atoms with Gasteiger partial charge in [0.25, 0.3) is 0 Å². The largest absolute Gasteiger partial charge is 0.383 e. The van der Waals surface area contributed by atoms with Crippen molar-refractivity contribution < 1.29 is 0 Å². The van der Waals surface area contributed by atoms with Crippen LogP contribution in [0, 0.1) is 0 Å². The molecule has 9 heteroatoms. The molecule has 4 rings (SSSR count). The molecule has 2 N–H and O–H groups in total. The molecule has 2 aliphatic heterocycles. The summed E-state index contributed by atoms with van der Waals surface area (Å²) in [6, 6.07) is 6.42. The lowest BCUT2D eigenvalue weighted by Gasteiger charge is -2.43. The van der Waals surface area contributed by atoms with Crippen molar-refractivity contribution in [2.24, 2.45) is 4.99 Å². The number of piperazine rings is 1. The number of nitrogens with zero attached hydrogens (tertiary/aromatic N) is 6. The lowest BCUT2D eigenvalue weighted by atomic mass is 10.0. The summed E-state index contributed by atoms with van der Waals surface area (Å²) in [7, 11) is 0. The molecule has 1 aromatic carbocycles. The minimum Gasteiger partial charge on any atom is -0.383 e. The molecule has 194 valence electrons. The van der Waals surface area contributed by atoms with Gasteiger partial charge in [-0.1, -0.05) is 48.3 Å². The van der Waals surface area contributed by atoms with Gasteiger partial charge < -0.3 is 15.5 Å². The van der Waals surface area contributed by atoms with Gasteiger partial charge >= 0.3 is 0 Å². The Labute approximate surface area is 225 Å². The highest BCUT2D eigenvalue weighted by molar-refractivity contribution is 6.42. The van der Waals surface area contributed by atoms with Crippen LogP contribution in [0.25, 0.3) is 5.57 Å². The van der Waals surface area contributed by atoms with E-state index in [-0.39, 0.29) is 12.1 Å². The van der Waals surface area contributed by atoms with Gasteiger partial charge in [0.05, 0.1) is 15.6 Å². The number of benzene rings is 1. The van der Waals surface area contributed by atoms with E-state index in [0.29, 0.717) is 15.9 Å². The average molecular weight is 531 g/mol. The molecule has 3 heterocycles. The standard InChI is InChI=1S/C27H37Cl2N7/c1-4-19(3)31-16-20(5-2)24-26(30)32-18-33-27(24)36-14-12-35(13-15-36)23(17-34-10-7-11-34)21-8-6-9-22(28)25(21)29/h5-6,8-9,16,18-19,23H,4,7,10-15,17H2,1-3H3,(H2,30,32,33)/b20-5+,31-16?. The maximum Gasteiger partial charge on any atom is 0.142 e. The van der Waals surface area contributed by atoms with E-state index < -0.39 is 0 Å². The molecule has 2 aromatic rings. The predicted molar refractivity (Wildman–Crippen MR) is 152 cm³/mol. The Morgan fingerprint density at radius 1 is 1.14 bits per heavy atom. The molecule has 0 amide bonds. The van der Waals surface area contributed by atoms with E-state index in [9.17, 15) is 0 Å². The first-order valence-corrected chi connectivity index (χ1v) is 13.6. The molecular formula is C27H37Cl2N7. The molecule has 0 aliphatic carbocycles. The Kier molecular flexibility index (Phi) is 9.23. The second-order valence-corrected chi connectivity index (χ2v) is 10.4. The molecule has 2 unspecified atom stereocenters. The van der Waals surface area contributed by atoms with Crippen LogP contribution in [0.2, 0.25) is 10.0 Å². The number of nitrogens with two attached hydrogens (primary N) is 1. The Bertz CT molecular complexity index is 1090. The molecule has 2 saturated heterocycles. The highest BCUT2D eigenvalue weighted by Crippen LogP contribution is 2.35. The van der Waals surface area contributed by atoms with Crippen LogP contribution in [0.5, 0.6) is 0 Å². The smallest absolute Gasteiger partial charge is 0.142 e. The zero-order valence-corrected chi connectivity index (χ0v) is 23.0. The highest BCUT2D eigenvalue weighted by atomic mass is 35.5. The summed E-state index contributed by atoms with van der Waals surface area (Å²) in [6.45, 7) is 12.9. The molecule has 2 aliphatic rings. The normalized spacial score (nSPS) is 19.5. The number of nitrogen functional groups attached to an aromatic ring is 1. The van der Waals surface area contributed by atoms with Gasteiger partial charge in [0, 0.05) is 56.6 Å². The van der Waals surface area contributed by atoms with E-state index in [2.05, 4.69) is 49.6 Å². The van der Waals surface area contributed by atoms with Crippen LogP contribution in [0.4, 0.5) is 11.6 Å². The second-order valence-electron chi connectivity index (χ2n) is 9.57. The number of rotatable bonds is 9. The minimum atomic E-state index is 0.197. The summed E-state index contributed by atoms with van der Waals surface area (Å²) < 4.78 is 0. The molecule has 0 spiro atoms. The topological polar surface area (TPSA) is 73.9 Å². The molecule has 2 fully saturated rings. The van der Waals surface area contributed by atoms with Crippen molar-refractivity contribution >= 4 is 46.6 Å². The molecule has 2 atom stereocenters. The molecule has 0 bridgehead atoms. The summed E-state index contributed by atoms with van der Waals surface area (Å²) in [6.07, 6.45) is 7.74. The highest BCUT2D eigenvalue weighted by Gasteiger charge is 2.31. The Balaban J connectivity index is 1.55. The number of likely N-dealkylation sites (tertiary alicyclic amines) is 1. The van der Waals surface area contributed by atoms with E-state index >= 15 is 0 Å². The third-order valence-corrected chi connectivity index (χ3v) is 8.12. The van der Waals surface area contributed by atoms with Gasteiger partial charge in [0.1, 0.15) is 18.0 Å². The van der Waals surface area contributed by atoms with Crippen LogP contribution in [-0.4, -0.2) is 77.8 Å². The van der Waals surface area contributed by atoms with E-state index in [1.807, 2.05) is 31.3 Å². The van der Waals surface area contributed by atoms with E-state index in [1.165, 1.54) is 6.42 Å². The van der Waals surface area contributed by atoms with Crippen LogP contribution in [0.3, 0.4) is 0 Å². The quantitative estimate of drug-likeness (QED) is 0.449. The van der Waals surface area contributed by atoms with Crippen LogP contribution in [0.1, 0.15) is 50.8 Å². The first kappa shape index (κ1) is 26.9. The van der Waals surface area contributed by atoms with Crippen molar-refractivity contribution in [3.05, 3.63) is 51.8 Å². The predicted octanol–water partition coefficient (Wildman–Crippen LogP) is 5.21. The number of halogens is 2. The first-order valence-electron chi connectivity index (χ1n) is 12.9. The van der Waals surface area contributed by atoms with Crippen molar-refractivity contribution in [2.75, 3.05) is 56.4 Å². The molecule has 7 nitrogen and oxygen atoms in total. The first-order chi connectivity index (χ1) is 17.4. The third kappa shape index (κ3) is 6.02. The fraction of sp³-hybridized carbons (Fsp3) is 0.519. The maximum absolute atomic E-state index is 6.69. The Hall–Kier alpha value is -2.19. The monoisotopic (exact) mass is 529 g/mol. The average Bonchev–Trinajstić information content (AvgIpc) is 2.86. The van der Waals surface area contributed by atoms with Crippen LogP contribution in [-0.2, 0) is 0 Å². The number of allylic oxidation sites excluding steroid dienone is 2. The van der Waals surface area contributed by atoms with Gasteiger partial charge in [0.15, 0.2) is 0 Å². The second kappa shape index (κ2) is 12.4. The Morgan fingerprint density at radius 3 is 2.53 bits per heavy atom.